The smallest absolute Gasteiger partial charge is 0.312 e. The summed E-state index contributed by atoms with van der Waals surface area (Å²) in [5, 5.41) is 46.4. The molecule has 0 spiro atoms. The second kappa shape index (κ2) is 9.38. The highest BCUT2D eigenvalue weighted by Gasteiger charge is 2.70. The molecule has 0 aliphatic heterocycles. The number of phenolic OH excluding ortho intramolecular Hbond substituents is 2. The van der Waals surface area contributed by atoms with Crippen molar-refractivity contribution in [2.24, 2.45) is 40.7 Å². The van der Waals surface area contributed by atoms with Crippen molar-refractivity contribution in [2.45, 2.75) is 62.4 Å². The van der Waals surface area contributed by atoms with Crippen molar-refractivity contribution >= 4 is 39.9 Å². The number of likely N-dealkylation sites (N-methyl/N-ethyl adjacent to an activating group) is 1. The van der Waals surface area contributed by atoms with E-state index in [0.717, 1.165) is 19.3 Å². The first-order valence-electron chi connectivity index (χ1n) is 15.1. The van der Waals surface area contributed by atoms with E-state index >= 15 is 0 Å². The monoisotopic (exact) mass is 607 g/mol. The Balaban J connectivity index is 1.48. The number of carbonyl (C=O) groups excluding carboxylic acids is 4. The van der Waals surface area contributed by atoms with Crippen LogP contribution in [0, 0.1) is 35.0 Å². The van der Waals surface area contributed by atoms with Crippen LogP contribution in [0.1, 0.15) is 61.9 Å². The Hall–Kier alpha value is -3.74. The Morgan fingerprint density at radius 2 is 1.59 bits per heavy atom. The first kappa shape index (κ1) is 29.0. The van der Waals surface area contributed by atoms with Crippen molar-refractivity contribution in [1.82, 2.24) is 4.90 Å². The summed E-state index contributed by atoms with van der Waals surface area (Å²) in [7, 11) is 2.99. The summed E-state index contributed by atoms with van der Waals surface area (Å²) in [4.78, 5) is 56.0. The number of esters is 1. The van der Waals surface area contributed by atoms with Crippen LogP contribution >= 0.6 is 0 Å². The van der Waals surface area contributed by atoms with Gasteiger partial charge in [0.05, 0.1) is 22.8 Å². The molecular weight excluding hydrogens is 570 g/mol. The van der Waals surface area contributed by atoms with Crippen molar-refractivity contribution in [3.63, 3.8) is 0 Å². The molecule has 0 saturated heterocycles. The molecule has 0 aromatic heterocycles. The number of fused-ring (bicyclic) bond motifs is 3. The molecule has 1 amide bonds. The number of aliphatic hydroxyl groups is 2. The number of amides is 1. The molecule has 0 heterocycles. The molecule has 5 saturated carbocycles. The van der Waals surface area contributed by atoms with Crippen LogP contribution in [0.25, 0.3) is 10.8 Å². The summed E-state index contributed by atoms with van der Waals surface area (Å²) in [5.74, 6) is -7.75. The van der Waals surface area contributed by atoms with Gasteiger partial charge in [-0.1, -0.05) is 12.1 Å². The lowest BCUT2D eigenvalue weighted by Crippen LogP contribution is -2.71. The molecule has 0 radical (unpaired) electrons. The topological polar surface area (TPSA) is 214 Å². The van der Waals surface area contributed by atoms with Crippen molar-refractivity contribution in [1.29, 1.82) is 0 Å². The highest BCUT2D eigenvalue weighted by molar-refractivity contribution is 6.24. The normalized spacial score (nSPS) is 38.9. The molecule has 44 heavy (non-hydrogen) atoms. The van der Waals surface area contributed by atoms with Gasteiger partial charge in [0.25, 0.3) is 0 Å². The molecule has 4 bridgehead atoms. The maximum absolute atomic E-state index is 14.4. The molecule has 12 heteroatoms. The number of rotatable bonds is 4. The number of hydrogen-bond donors (Lipinski definition) is 6. The van der Waals surface area contributed by atoms with Crippen LogP contribution in [0.5, 0.6) is 11.5 Å². The predicted octanol–water partition coefficient (Wildman–Crippen LogP) is 1.21. The van der Waals surface area contributed by atoms with Crippen molar-refractivity contribution in [3.05, 3.63) is 29.3 Å². The zero-order valence-corrected chi connectivity index (χ0v) is 24.5. The summed E-state index contributed by atoms with van der Waals surface area (Å²) in [5.41, 5.74) is 7.90. The third-order valence-corrected chi connectivity index (χ3v) is 11.3. The SMILES string of the molecule is CN(C)[C@@H]1C(=O)C(C(N)=O)C(=O)[C@@]2(O)C(O)c3c(c(N)c4cccc(O)c4c3O)[C@H](OC(=O)C34CC5CC(CC(C5)C3)C4)[C@@H]12. The fraction of sp³-hybridized carbons (Fsp3) is 0.562. The largest absolute Gasteiger partial charge is 0.507 e. The van der Waals surface area contributed by atoms with Crippen molar-refractivity contribution < 1.29 is 44.3 Å². The number of Topliss-reactive ketones (excluding diaryl/α,β-unsaturated/α-hetero) is 2. The second-order valence-electron chi connectivity index (χ2n) is 14.1. The number of primary amides is 1. The third-order valence-electron chi connectivity index (χ3n) is 11.3. The van der Waals surface area contributed by atoms with Gasteiger partial charge in [-0.05, 0) is 76.4 Å². The van der Waals surface area contributed by atoms with E-state index in [9.17, 15) is 39.6 Å². The Morgan fingerprint density at radius 3 is 2.14 bits per heavy atom. The lowest BCUT2D eigenvalue weighted by Gasteiger charge is -2.57. The Bertz CT molecular complexity index is 1620. The highest BCUT2D eigenvalue weighted by atomic mass is 16.5. The van der Waals surface area contributed by atoms with E-state index in [4.69, 9.17) is 16.2 Å². The first-order chi connectivity index (χ1) is 20.7. The highest BCUT2D eigenvalue weighted by Crippen LogP contribution is 2.63. The summed E-state index contributed by atoms with van der Waals surface area (Å²) in [6, 6.07) is 2.90. The van der Waals surface area contributed by atoms with Crippen LogP contribution < -0.4 is 11.5 Å². The van der Waals surface area contributed by atoms with Gasteiger partial charge in [0.15, 0.2) is 23.1 Å². The van der Waals surface area contributed by atoms with Gasteiger partial charge in [0.1, 0.15) is 23.7 Å². The lowest BCUT2D eigenvalue weighted by atomic mass is 9.49. The van der Waals surface area contributed by atoms with Crippen LogP contribution in [-0.4, -0.2) is 74.5 Å². The molecule has 2 aromatic rings. The summed E-state index contributed by atoms with van der Waals surface area (Å²) >= 11 is 0. The van der Waals surface area contributed by atoms with Crippen molar-refractivity contribution in [3.8, 4) is 11.5 Å². The van der Waals surface area contributed by atoms with Gasteiger partial charge in [-0.3, -0.25) is 24.1 Å². The van der Waals surface area contributed by atoms with Gasteiger partial charge in [-0.15, -0.1) is 0 Å². The van der Waals surface area contributed by atoms with Crippen LogP contribution in [0.15, 0.2) is 18.2 Å². The van der Waals surface area contributed by atoms with Gasteiger partial charge in [0.2, 0.25) is 5.91 Å². The zero-order chi connectivity index (χ0) is 31.6. The molecule has 2 unspecified atom stereocenters. The number of anilines is 1. The summed E-state index contributed by atoms with van der Waals surface area (Å²) in [6.07, 6.45) is 1.27. The molecule has 8 rings (SSSR count). The van der Waals surface area contributed by atoms with Gasteiger partial charge in [-0.2, -0.15) is 0 Å². The number of nitrogens with zero attached hydrogens (tertiary/aromatic N) is 1. The van der Waals surface area contributed by atoms with Crippen LogP contribution in [0.4, 0.5) is 5.69 Å². The molecule has 12 nitrogen and oxygen atoms in total. The summed E-state index contributed by atoms with van der Waals surface area (Å²) < 4.78 is 6.36. The van der Waals surface area contributed by atoms with E-state index in [1.807, 2.05) is 0 Å². The number of hydrogen-bond acceptors (Lipinski definition) is 11. The predicted molar refractivity (Wildman–Crippen MR) is 155 cm³/mol. The van der Waals surface area contributed by atoms with E-state index in [-0.39, 0.29) is 27.8 Å². The lowest BCUT2D eigenvalue weighted by molar-refractivity contribution is -0.215. The minimum atomic E-state index is -2.91. The van der Waals surface area contributed by atoms with E-state index in [1.54, 1.807) is 0 Å². The minimum absolute atomic E-state index is 0.0640. The number of ketones is 2. The van der Waals surface area contributed by atoms with Crippen LogP contribution in [0.3, 0.4) is 0 Å². The fourth-order valence-electron chi connectivity index (χ4n) is 9.95. The molecule has 234 valence electrons. The number of ether oxygens (including phenoxy) is 1. The minimum Gasteiger partial charge on any atom is -0.507 e. The fourth-order valence-corrected chi connectivity index (χ4v) is 9.95. The first-order valence-corrected chi connectivity index (χ1v) is 15.1. The van der Waals surface area contributed by atoms with Gasteiger partial charge >= 0.3 is 5.97 Å². The van der Waals surface area contributed by atoms with Gasteiger partial charge in [-0.25, -0.2) is 0 Å². The number of aliphatic hydroxyl groups excluding tert-OH is 1. The van der Waals surface area contributed by atoms with Crippen molar-refractivity contribution in [2.75, 3.05) is 19.8 Å². The summed E-state index contributed by atoms with van der Waals surface area (Å²) in [6.45, 7) is 0. The number of aromatic hydroxyl groups is 2. The molecule has 8 N–H and O–H groups in total. The zero-order valence-electron chi connectivity index (χ0n) is 24.5. The maximum atomic E-state index is 14.4. The average Bonchev–Trinajstić information content (AvgIpc) is 2.93. The number of phenols is 2. The molecule has 5 fully saturated rings. The third kappa shape index (κ3) is 3.61. The molecule has 6 aliphatic carbocycles. The quantitative estimate of drug-likeness (QED) is 0.126. The van der Waals surface area contributed by atoms with E-state index in [1.165, 1.54) is 37.2 Å². The number of nitrogen functional groups attached to an aromatic ring is 1. The number of benzene rings is 2. The average molecular weight is 608 g/mol. The Kier molecular flexibility index (Phi) is 6.18. The Morgan fingerprint density at radius 1 is 1.00 bits per heavy atom. The van der Waals surface area contributed by atoms with E-state index in [0.29, 0.717) is 37.0 Å². The second-order valence-corrected chi connectivity index (χ2v) is 14.1. The van der Waals surface area contributed by atoms with E-state index < -0.39 is 75.9 Å². The maximum Gasteiger partial charge on any atom is 0.312 e. The Labute approximate surface area is 252 Å². The van der Waals surface area contributed by atoms with Crippen LogP contribution in [0.2, 0.25) is 0 Å². The standard InChI is InChI=1S/C32H37N3O9/c1-35(2)23-21-26(44-30(42)31-9-12-6-13(10-31)8-14(7-12)11-31)18-19(24(37)17-15(22(18)33)4-3-5-16(17)36)27(39)32(21,43)28(40)20(25(23)38)29(34)41/h3-5,12-14,20-21,23,26-27,36-37,39,43H,6-11,33H2,1-2H3,(H2,34,41)/t12?,13?,14?,20?,21-,23+,26+,27?,31?,32+/m1/s1. The molecule has 2 aromatic carbocycles. The van der Waals surface area contributed by atoms with Crippen LogP contribution in [-0.2, 0) is 23.9 Å². The molecule has 6 aliphatic rings. The van der Waals surface area contributed by atoms with E-state index in [2.05, 4.69) is 0 Å². The van der Waals surface area contributed by atoms with Gasteiger partial charge in [0, 0.05) is 22.2 Å². The van der Waals surface area contributed by atoms with Gasteiger partial charge < -0.3 is 36.6 Å². The number of carbonyl (C=O) groups is 4. The number of nitrogens with two attached hydrogens (primary N) is 2. The molecule has 6 atom stereocenters. The molecular formula is C32H37N3O9.